The number of hydrogen-bond acceptors (Lipinski definition) is 3. The minimum Gasteiger partial charge on any atom is -0.323 e. The molecule has 0 aliphatic carbocycles. The van der Waals surface area contributed by atoms with E-state index in [0.717, 1.165) is 23.4 Å². The third-order valence-corrected chi connectivity index (χ3v) is 2.54. The first-order valence-corrected chi connectivity index (χ1v) is 5.55. The van der Waals surface area contributed by atoms with E-state index in [2.05, 4.69) is 47.4 Å². The highest BCUT2D eigenvalue weighted by molar-refractivity contribution is 5.74. The summed E-state index contributed by atoms with van der Waals surface area (Å²) in [5, 5.41) is 0. The van der Waals surface area contributed by atoms with Gasteiger partial charge in [0.15, 0.2) is 0 Å². The van der Waals surface area contributed by atoms with Gasteiger partial charge >= 0.3 is 0 Å². The maximum absolute atomic E-state index is 4.66. The van der Waals surface area contributed by atoms with Crippen LogP contribution in [-0.2, 0) is 6.54 Å². The predicted octanol–water partition coefficient (Wildman–Crippen LogP) is 2.07. The van der Waals surface area contributed by atoms with Gasteiger partial charge in [-0.3, -0.25) is 4.98 Å². The zero-order valence-electron chi connectivity index (χ0n) is 10.3. The molecule has 0 saturated carbocycles. The van der Waals surface area contributed by atoms with Gasteiger partial charge in [-0.1, -0.05) is 0 Å². The summed E-state index contributed by atoms with van der Waals surface area (Å²) in [7, 11) is 4.12. The molecule has 0 saturated heterocycles. The molecule has 2 aromatic rings. The molecule has 0 unspecified atom stereocenters. The minimum absolute atomic E-state index is 0.407. The van der Waals surface area contributed by atoms with Crippen molar-refractivity contribution in [3.63, 3.8) is 0 Å². The van der Waals surface area contributed by atoms with Crippen LogP contribution in [0.15, 0.2) is 18.5 Å². The molecule has 0 amide bonds. The second-order valence-corrected chi connectivity index (χ2v) is 4.59. The first kappa shape index (κ1) is 11.1. The van der Waals surface area contributed by atoms with Crippen LogP contribution in [0.4, 0.5) is 0 Å². The monoisotopic (exact) mass is 218 g/mol. The number of hydrogen-bond donors (Lipinski definition) is 0. The van der Waals surface area contributed by atoms with Gasteiger partial charge in [0, 0.05) is 12.2 Å². The van der Waals surface area contributed by atoms with Crippen LogP contribution in [0.2, 0.25) is 0 Å². The molecule has 86 valence electrons. The molecule has 4 heteroatoms. The number of nitrogens with zero attached hydrogens (tertiary/aromatic N) is 4. The van der Waals surface area contributed by atoms with Crippen molar-refractivity contribution in [2.45, 2.75) is 26.4 Å². The highest BCUT2D eigenvalue weighted by atomic mass is 15.2. The molecular weight excluding hydrogens is 200 g/mol. The van der Waals surface area contributed by atoms with E-state index in [-0.39, 0.29) is 0 Å². The molecule has 0 aromatic carbocycles. The lowest BCUT2D eigenvalue weighted by molar-refractivity contribution is 0.377. The van der Waals surface area contributed by atoms with E-state index >= 15 is 0 Å². The van der Waals surface area contributed by atoms with Crippen molar-refractivity contribution < 1.29 is 0 Å². The van der Waals surface area contributed by atoms with Gasteiger partial charge in [-0.05, 0) is 34.0 Å². The maximum atomic E-state index is 4.66. The summed E-state index contributed by atoms with van der Waals surface area (Å²) >= 11 is 0. The van der Waals surface area contributed by atoms with Gasteiger partial charge in [0.05, 0.1) is 23.8 Å². The zero-order chi connectivity index (χ0) is 11.7. The van der Waals surface area contributed by atoms with E-state index in [9.17, 15) is 0 Å². The van der Waals surface area contributed by atoms with Crippen molar-refractivity contribution in [1.82, 2.24) is 19.4 Å². The Morgan fingerprint density at radius 2 is 2.12 bits per heavy atom. The van der Waals surface area contributed by atoms with E-state index in [0.29, 0.717) is 6.04 Å². The molecule has 0 aliphatic rings. The Morgan fingerprint density at radius 3 is 2.75 bits per heavy atom. The molecule has 0 atom stereocenters. The van der Waals surface area contributed by atoms with Gasteiger partial charge in [-0.15, -0.1) is 0 Å². The lowest BCUT2D eigenvalue weighted by atomic mass is 10.3. The Balaban J connectivity index is 2.58. The van der Waals surface area contributed by atoms with Gasteiger partial charge in [0.2, 0.25) is 0 Å². The third-order valence-electron chi connectivity index (χ3n) is 2.54. The van der Waals surface area contributed by atoms with Crippen LogP contribution in [0, 0.1) is 0 Å². The Morgan fingerprint density at radius 1 is 1.38 bits per heavy atom. The van der Waals surface area contributed by atoms with Crippen LogP contribution in [0.25, 0.3) is 11.0 Å². The lowest BCUT2D eigenvalue weighted by Gasteiger charge is -2.15. The SMILES string of the molecule is CC(C)n1c(CN(C)C)nc2ccncc21. The highest BCUT2D eigenvalue weighted by Crippen LogP contribution is 2.20. The van der Waals surface area contributed by atoms with Gasteiger partial charge < -0.3 is 9.47 Å². The van der Waals surface area contributed by atoms with E-state index < -0.39 is 0 Å². The predicted molar refractivity (Wildman–Crippen MR) is 65.3 cm³/mol. The second kappa shape index (κ2) is 4.22. The van der Waals surface area contributed by atoms with Crippen LogP contribution in [0.3, 0.4) is 0 Å². The average Bonchev–Trinajstić information content (AvgIpc) is 2.53. The average molecular weight is 218 g/mol. The molecule has 2 aromatic heterocycles. The Hall–Kier alpha value is -1.42. The van der Waals surface area contributed by atoms with Crippen molar-refractivity contribution in [2.75, 3.05) is 14.1 Å². The van der Waals surface area contributed by atoms with E-state index in [1.165, 1.54) is 0 Å². The fourth-order valence-corrected chi connectivity index (χ4v) is 1.96. The van der Waals surface area contributed by atoms with Crippen molar-refractivity contribution in [3.8, 4) is 0 Å². The number of aromatic nitrogens is 3. The summed E-state index contributed by atoms with van der Waals surface area (Å²) < 4.78 is 2.25. The standard InChI is InChI=1S/C12H18N4/c1-9(2)16-11-7-13-6-5-10(11)14-12(16)8-15(3)4/h5-7,9H,8H2,1-4H3. The molecule has 0 bridgehead atoms. The maximum Gasteiger partial charge on any atom is 0.124 e. The zero-order valence-corrected chi connectivity index (χ0v) is 10.3. The van der Waals surface area contributed by atoms with Crippen LogP contribution < -0.4 is 0 Å². The molecule has 4 nitrogen and oxygen atoms in total. The molecule has 2 heterocycles. The Kier molecular flexibility index (Phi) is 2.92. The molecule has 2 rings (SSSR count). The summed E-state index contributed by atoms with van der Waals surface area (Å²) in [4.78, 5) is 11.0. The first-order chi connectivity index (χ1) is 7.59. The number of imidazole rings is 1. The molecule has 0 radical (unpaired) electrons. The van der Waals surface area contributed by atoms with Gasteiger partial charge in [-0.25, -0.2) is 4.98 Å². The van der Waals surface area contributed by atoms with Crippen molar-refractivity contribution in [3.05, 3.63) is 24.3 Å². The smallest absolute Gasteiger partial charge is 0.124 e. The van der Waals surface area contributed by atoms with Crippen LogP contribution in [0.5, 0.6) is 0 Å². The summed E-state index contributed by atoms with van der Waals surface area (Å²) in [5.41, 5.74) is 2.15. The van der Waals surface area contributed by atoms with Crippen LogP contribution in [0.1, 0.15) is 25.7 Å². The Labute approximate surface area is 95.9 Å². The van der Waals surface area contributed by atoms with Gasteiger partial charge in [-0.2, -0.15) is 0 Å². The third kappa shape index (κ3) is 1.93. The van der Waals surface area contributed by atoms with Gasteiger partial charge in [0.1, 0.15) is 5.82 Å². The molecule has 16 heavy (non-hydrogen) atoms. The minimum atomic E-state index is 0.407. The Bertz CT molecular complexity index is 485. The number of fused-ring (bicyclic) bond motifs is 1. The van der Waals surface area contributed by atoms with E-state index in [1.807, 2.05) is 12.3 Å². The normalized spacial score (nSPS) is 11.9. The van der Waals surface area contributed by atoms with Crippen molar-refractivity contribution in [2.24, 2.45) is 0 Å². The fourth-order valence-electron chi connectivity index (χ4n) is 1.96. The summed E-state index contributed by atoms with van der Waals surface area (Å²) in [5.74, 6) is 1.10. The van der Waals surface area contributed by atoms with Crippen molar-refractivity contribution >= 4 is 11.0 Å². The summed E-state index contributed by atoms with van der Waals surface area (Å²) in [6.45, 7) is 5.20. The van der Waals surface area contributed by atoms with Crippen LogP contribution in [-0.4, -0.2) is 33.5 Å². The fraction of sp³-hybridized carbons (Fsp3) is 0.500. The molecule has 0 spiro atoms. The summed E-state index contributed by atoms with van der Waals surface area (Å²) in [6, 6.07) is 2.37. The first-order valence-electron chi connectivity index (χ1n) is 5.55. The number of rotatable bonds is 3. The molecular formula is C12H18N4. The summed E-state index contributed by atoms with van der Waals surface area (Å²) in [6.07, 6.45) is 3.68. The lowest BCUT2D eigenvalue weighted by Crippen LogP contribution is -2.16. The van der Waals surface area contributed by atoms with E-state index in [4.69, 9.17) is 0 Å². The second-order valence-electron chi connectivity index (χ2n) is 4.59. The van der Waals surface area contributed by atoms with Gasteiger partial charge in [0.25, 0.3) is 0 Å². The quantitative estimate of drug-likeness (QED) is 0.791. The topological polar surface area (TPSA) is 34.0 Å². The van der Waals surface area contributed by atoms with Crippen molar-refractivity contribution in [1.29, 1.82) is 0 Å². The molecule has 0 aliphatic heterocycles. The van der Waals surface area contributed by atoms with Crippen LogP contribution >= 0.6 is 0 Å². The van der Waals surface area contributed by atoms with E-state index in [1.54, 1.807) is 6.20 Å². The largest absolute Gasteiger partial charge is 0.323 e. The number of pyridine rings is 1. The molecule has 0 N–H and O–H groups in total. The molecule has 0 fully saturated rings. The highest BCUT2D eigenvalue weighted by Gasteiger charge is 2.13.